The Labute approximate surface area is 169 Å². The van der Waals surface area contributed by atoms with Crippen LogP contribution in [0.4, 0.5) is 0 Å². The molecule has 150 valence electrons. The van der Waals surface area contributed by atoms with Crippen molar-refractivity contribution in [2.45, 2.75) is 18.0 Å². The summed E-state index contributed by atoms with van der Waals surface area (Å²) in [6, 6.07) is 13.4. The van der Waals surface area contributed by atoms with Gasteiger partial charge < -0.3 is 9.32 Å². The Morgan fingerprint density at radius 1 is 1.14 bits per heavy atom. The second-order valence-corrected chi connectivity index (χ2v) is 8.12. The molecular weight excluding hydrogens is 390 g/mol. The maximum absolute atomic E-state index is 12.3. The third kappa shape index (κ3) is 5.87. The lowest BCUT2D eigenvalue weighted by Gasteiger charge is -2.14. The van der Waals surface area contributed by atoms with Crippen molar-refractivity contribution in [3.8, 4) is 0 Å². The first-order chi connectivity index (χ1) is 13.9. The molecule has 1 N–H and O–H groups in total. The van der Waals surface area contributed by atoms with Crippen LogP contribution in [0.25, 0.3) is 6.08 Å². The minimum absolute atomic E-state index is 0.0787. The van der Waals surface area contributed by atoms with E-state index in [-0.39, 0.29) is 17.3 Å². The first-order valence-electron chi connectivity index (χ1n) is 8.88. The summed E-state index contributed by atoms with van der Waals surface area (Å²) >= 11 is 0. The molecule has 3 rings (SSSR count). The van der Waals surface area contributed by atoms with Crippen LogP contribution >= 0.6 is 0 Å². The summed E-state index contributed by atoms with van der Waals surface area (Å²) in [6.07, 6.45) is 7.96. The van der Waals surface area contributed by atoms with E-state index < -0.39 is 10.0 Å². The molecule has 0 atom stereocenters. The van der Waals surface area contributed by atoms with Gasteiger partial charge >= 0.3 is 0 Å². The average Bonchev–Trinajstić information content (AvgIpc) is 3.25. The number of benzene rings is 1. The molecule has 2 heterocycles. The standard InChI is InChI=1S/C21H21N3O4S/c1-24(16-18-10-12-22-13-11-18)21(25)9-6-17-4-7-20(8-5-17)29(26,27)23-15-19-3-2-14-28-19/h2-14,23H,15-16H2,1H3. The molecule has 0 radical (unpaired) electrons. The van der Waals surface area contributed by atoms with E-state index in [2.05, 4.69) is 9.71 Å². The molecule has 0 spiro atoms. The van der Waals surface area contributed by atoms with Crippen molar-refractivity contribution < 1.29 is 17.6 Å². The molecule has 3 aromatic rings. The molecule has 0 aliphatic rings. The van der Waals surface area contributed by atoms with Crippen LogP contribution < -0.4 is 4.72 Å². The number of pyridine rings is 1. The maximum Gasteiger partial charge on any atom is 0.246 e. The molecule has 0 saturated carbocycles. The lowest BCUT2D eigenvalue weighted by Crippen LogP contribution is -2.24. The fourth-order valence-corrected chi connectivity index (χ4v) is 3.55. The molecule has 0 fully saturated rings. The monoisotopic (exact) mass is 411 g/mol. The van der Waals surface area contributed by atoms with Gasteiger partial charge in [-0.25, -0.2) is 13.1 Å². The zero-order valence-corrected chi connectivity index (χ0v) is 16.7. The number of nitrogens with one attached hydrogen (secondary N) is 1. The number of hydrogen-bond donors (Lipinski definition) is 1. The van der Waals surface area contributed by atoms with Crippen LogP contribution in [0.1, 0.15) is 16.9 Å². The normalized spacial score (nSPS) is 11.6. The van der Waals surface area contributed by atoms with Crippen LogP contribution in [0, 0.1) is 0 Å². The highest BCUT2D eigenvalue weighted by Gasteiger charge is 2.14. The van der Waals surface area contributed by atoms with E-state index in [1.165, 1.54) is 24.5 Å². The lowest BCUT2D eigenvalue weighted by molar-refractivity contribution is -0.125. The Morgan fingerprint density at radius 2 is 1.86 bits per heavy atom. The van der Waals surface area contributed by atoms with Gasteiger partial charge in [0.1, 0.15) is 5.76 Å². The summed E-state index contributed by atoms with van der Waals surface area (Å²) in [4.78, 5) is 17.9. The van der Waals surface area contributed by atoms with Gasteiger partial charge in [-0.2, -0.15) is 0 Å². The topological polar surface area (TPSA) is 92.5 Å². The summed E-state index contributed by atoms with van der Waals surface area (Å²) in [5.74, 6) is 0.376. The number of carbonyl (C=O) groups is 1. The van der Waals surface area contributed by atoms with Gasteiger partial charge in [0.05, 0.1) is 17.7 Å². The zero-order valence-electron chi connectivity index (χ0n) is 15.9. The minimum Gasteiger partial charge on any atom is -0.468 e. The van der Waals surface area contributed by atoms with Crippen molar-refractivity contribution >= 4 is 22.0 Å². The van der Waals surface area contributed by atoms with Crippen molar-refractivity contribution in [3.63, 3.8) is 0 Å². The molecule has 2 aromatic heterocycles. The van der Waals surface area contributed by atoms with Crippen LogP contribution in [-0.4, -0.2) is 31.3 Å². The summed E-state index contributed by atoms with van der Waals surface area (Å²) < 4.78 is 32.3. The number of nitrogens with zero attached hydrogens (tertiary/aromatic N) is 2. The van der Waals surface area contributed by atoms with Gasteiger partial charge in [0.15, 0.2) is 0 Å². The molecule has 0 aliphatic heterocycles. The maximum atomic E-state index is 12.3. The van der Waals surface area contributed by atoms with Gasteiger partial charge in [-0.1, -0.05) is 12.1 Å². The van der Waals surface area contributed by atoms with Crippen LogP contribution in [0.15, 0.2) is 82.6 Å². The van der Waals surface area contributed by atoms with E-state index in [9.17, 15) is 13.2 Å². The highest BCUT2D eigenvalue weighted by atomic mass is 32.2. The summed E-state index contributed by atoms with van der Waals surface area (Å²) in [5.41, 5.74) is 1.71. The van der Waals surface area contributed by atoms with Gasteiger partial charge in [-0.3, -0.25) is 9.78 Å². The first kappa shape index (κ1) is 20.5. The fraction of sp³-hybridized carbons (Fsp3) is 0.143. The van der Waals surface area contributed by atoms with Gasteiger partial charge in [0.25, 0.3) is 0 Å². The zero-order chi connectivity index (χ0) is 20.7. The van der Waals surface area contributed by atoms with Crippen molar-refractivity contribution in [1.82, 2.24) is 14.6 Å². The summed E-state index contributed by atoms with van der Waals surface area (Å²) in [6.45, 7) is 0.555. The molecule has 29 heavy (non-hydrogen) atoms. The number of aromatic nitrogens is 1. The molecule has 1 amide bonds. The first-order valence-corrected chi connectivity index (χ1v) is 10.4. The van der Waals surface area contributed by atoms with Crippen molar-refractivity contribution in [2.24, 2.45) is 0 Å². The predicted molar refractivity (Wildman–Crippen MR) is 109 cm³/mol. The van der Waals surface area contributed by atoms with E-state index in [4.69, 9.17) is 4.42 Å². The van der Waals surface area contributed by atoms with Crippen molar-refractivity contribution in [2.75, 3.05) is 7.05 Å². The second kappa shape index (κ2) is 9.31. The third-order valence-electron chi connectivity index (χ3n) is 4.17. The smallest absolute Gasteiger partial charge is 0.246 e. The fourth-order valence-electron chi connectivity index (χ4n) is 2.56. The summed E-state index contributed by atoms with van der Waals surface area (Å²) in [7, 11) is -1.93. The van der Waals surface area contributed by atoms with E-state index in [1.807, 2.05) is 12.1 Å². The Kier molecular flexibility index (Phi) is 6.58. The Balaban J connectivity index is 1.58. The minimum atomic E-state index is -3.65. The van der Waals surface area contributed by atoms with Gasteiger partial charge in [-0.15, -0.1) is 0 Å². The molecule has 0 unspecified atom stereocenters. The SMILES string of the molecule is CN(Cc1ccncc1)C(=O)C=Cc1ccc(S(=O)(=O)NCc2ccco2)cc1. The number of amides is 1. The average molecular weight is 411 g/mol. The highest BCUT2D eigenvalue weighted by molar-refractivity contribution is 7.89. The van der Waals surface area contributed by atoms with Crippen molar-refractivity contribution in [1.29, 1.82) is 0 Å². The molecule has 0 aliphatic carbocycles. The number of furan rings is 1. The largest absolute Gasteiger partial charge is 0.468 e. The number of rotatable bonds is 8. The van der Waals surface area contributed by atoms with E-state index >= 15 is 0 Å². The Hall–Kier alpha value is -3.23. The number of hydrogen-bond acceptors (Lipinski definition) is 5. The third-order valence-corrected chi connectivity index (χ3v) is 5.59. The molecule has 7 nitrogen and oxygen atoms in total. The van der Waals surface area contributed by atoms with E-state index in [1.54, 1.807) is 54.7 Å². The highest BCUT2D eigenvalue weighted by Crippen LogP contribution is 2.13. The Morgan fingerprint density at radius 3 is 2.52 bits per heavy atom. The van der Waals surface area contributed by atoms with Gasteiger partial charge in [-0.05, 0) is 53.6 Å². The lowest BCUT2D eigenvalue weighted by atomic mass is 10.2. The van der Waals surface area contributed by atoms with E-state index in [0.717, 1.165) is 11.1 Å². The molecule has 0 saturated heterocycles. The summed E-state index contributed by atoms with van der Waals surface area (Å²) in [5, 5.41) is 0. The molecule has 1 aromatic carbocycles. The van der Waals surface area contributed by atoms with E-state index in [0.29, 0.717) is 12.3 Å². The predicted octanol–water partition coefficient (Wildman–Crippen LogP) is 2.82. The van der Waals surface area contributed by atoms with Gasteiger partial charge in [0.2, 0.25) is 15.9 Å². The number of sulfonamides is 1. The molecule has 8 heteroatoms. The van der Waals surface area contributed by atoms with Gasteiger partial charge in [0, 0.05) is 32.1 Å². The van der Waals surface area contributed by atoms with Crippen LogP contribution in [-0.2, 0) is 27.9 Å². The van der Waals surface area contributed by atoms with Crippen LogP contribution in [0.5, 0.6) is 0 Å². The number of carbonyl (C=O) groups excluding carboxylic acids is 1. The molecule has 0 bridgehead atoms. The van der Waals surface area contributed by atoms with Crippen LogP contribution in [0.3, 0.4) is 0 Å². The number of likely N-dealkylation sites (N-methyl/N-ethyl adjacent to an activating group) is 1. The molecular formula is C21H21N3O4S. The Bertz CT molecular complexity index is 1060. The quantitative estimate of drug-likeness (QED) is 0.576. The van der Waals surface area contributed by atoms with Crippen LogP contribution in [0.2, 0.25) is 0 Å². The van der Waals surface area contributed by atoms with Crippen molar-refractivity contribution in [3.05, 3.63) is 90.2 Å². The second-order valence-electron chi connectivity index (χ2n) is 6.36.